The maximum Gasteiger partial charge on any atom is 0.0509 e. The summed E-state index contributed by atoms with van der Waals surface area (Å²) in [5, 5.41) is 0. The summed E-state index contributed by atoms with van der Waals surface area (Å²) in [6, 6.07) is 0. The van der Waals surface area contributed by atoms with Gasteiger partial charge in [0.05, 0.1) is 6.61 Å². The summed E-state index contributed by atoms with van der Waals surface area (Å²) in [7, 11) is 0. The first kappa shape index (κ1) is 11.0. The highest BCUT2D eigenvalue weighted by Gasteiger charge is 2.28. The normalized spacial score (nSPS) is 29.8. The highest BCUT2D eigenvalue weighted by atomic mass is 16.5. The predicted octanol–water partition coefficient (Wildman–Crippen LogP) is 0.550. The molecule has 1 heterocycles. The summed E-state index contributed by atoms with van der Waals surface area (Å²) in [4.78, 5) is 2.44. The summed E-state index contributed by atoms with van der Waals surface area (Å²) in [5.41, 5.74) is 5.53. The topological polar surface area (TPSA) is 38.5 Å². The Morgan fingerprint density at radius 2 is 2.23 bits per heavy atom. The van der Waals surface area contributed by atoms with Crippen LogP contribution < -0.4 is 5.73 Å². The molecule has 0 amide bonds. The highest BCUT2D eigenvalue weighted by molar-refractivity contribution is 4.81. The molecule has 0 aromatic heterocycles. The fourth-order valence-electron chi connectivity index (χ4n) is 1.99. The van der Waals surface area contributed by atoms with Gasteiger partial charge in [0.2, 0.25) is 0 Å². The van der Waals surface area contributed by atoms with E-state index in [-0.39, 0.29) is 0 Å². The Balaban J connectivity index is 2.24. The molecule has 1 fully saturated rings. The minimum atomic E-state index is 0.714. The molecule has 78 valence electrons. The van der Waals surface area contributed by atoms with E-state index in [1.807, 2.05) is 0 Å². The molecule has 13 heavy (non-hydrogen) atoms. The van der Waals surface area contributed by atoms with Crippen molar-refractivity contribution in [1.82, 2.24) is 4.90 Å². The number of hydrogen-bond acceptors (Lipinski definition) is 3. The molecule has 2 atom stereocenters. The summed E-state index contributed by atoms with van der Waals surface area (Å²) < 4.78 is 5.46. The van der Waals surface area contributed by atoms with Gasteiger partial charge in [-0.3, -0.25) is 0 Å². The predicted molar refractivity (Wildman–Crippen MR) is 54.6 cm³/mol. The van der Waals surface area contributed by atoms with E-state index in [9.17, 15) is 0 Å². The summed E-state index contributed by atoms with van der Waals surface area (Å²) in [6.45, 7) is 10.3. The molecule has 0 bridgehead atoms. The van der Waals surface area contributed by atoms with Crippen molar-refractivity contribution in [2.45, 2.75) is 13.8 Å². The molecule has 1 rings (SSSR count). The average Bonchev–Trinajstić information content (AvgIpc) is 2.44. The number of nitrogens with zero attached hydrogens (tertiary/aromatic N) is 1. The Morgan fingerprint density at radius 1 is 1.46 bits per heavy atom. The van der Waals surface area contributed by atoms with E-state index in [1.54, 1.807) is 0 Å². The Kier molecular flexibility index (Phi) is 4.70. The van der Waals surface area contributed by atoms with Gasteiger partial charge in [-0.05, 0) is 18.8 Å². The van der Waals surface area contributed by atoms with Crippen LogP contribution in [0.4, 0.5) is 0 Å². The zero-order valence-corrected chi connectivity index (χ0v) is 8.83. The largest absolute Gasteiger partial charge is 0.381 e. The molecule has 0 radical (unpaired) electrons. The van der Waals surface area contributed by atoms with Crippen LogP contribution in [0.5, 0.6) is 0 Å². The molecule has 0 spiro atoms. The van der Waals surface area contributed by atoms with Crippen molar-refractivity contribution in [3.05, 3.63) is 0 Å². The van der Waals surface area contributed by atoms with Gasteiger partial charge < -0.3 is 15.4 Å². The SMILES string of the molecule is CCOC[C@@H]1CN(CCN)C[C@@H]1C. The second kappa shape index (κ2) is 5.58. The molecular weight excluding hydrogens is 164 g/mol. The molecule has 0 aromatic rings. The van der Waals surface area contributed by atoms with Crippen LogP contribution in [0.25, 0.3) is 0 Å². The molecule has 0 saturated carbocycles. The molecule has 1 aliphatic rings. The van der Waals surface area contributed by atoms with E-state index in [0.29, 0.717) is 5.92 Å². The van der Waals surface area contributed by atoms with Crippen LogP contribution in [0.1, 0.15) is 13.8 Å². The van der Waals surface area contributed by atoms with E-state index in [4.69, 9.17) is 10.5 Å². The van der Waals surface area contributed by atoms with Crippen molar-refractivity contribution in [3.8, 4) is 0 Å². The Labute approximate surface area is 81.2 Å². The lowest BCUT2D eigenvalue weighted by Gasteiger charge is -2.14. The minimum Gasteiger partial charge on any atom is -0.381 e. The average molecular weight is 186 g/mol. The maximum absolute atomic E-state index is 5.53. The monoisotopic (exact) mass is 186 g/mol. The van der Waals surface area contributed by atoms with Crippen LogP contribution in [0.3, 0.4) is 0 Å². The Hall–Kier alpha value is -0.120. The molecule has 0 unspecified atom stereocenters. The lowest BCUT2D eigenvalue weighted by Crippen LogP contribution is -2.27. The van der Waals surface area contributed by atoms with Crippen molar-refractivity contribution in [2.24, 2.45) is 17.6 Å². The third kappa shape index (κ3) is 3.25. The van der Waals surface area contributed by atoms with Gasteiger partial charge in [-0.25, -0.2) is 0 Å². The fraction of sp³-hybridized carbons (Fsp3) is 1.00. The van der Waals surface area contributed by atoms with E-state index >= 15 is 0 Å². The van der Waals surface area contributed by atoms with Gasteiger partial charge in [-0.1, -0.05) is 6.92 Å². The molecular formula is C10H22N2O. The van der Waals surface area contributed by atoms with Gasteiger partial charge in [-0.15, -0.1) is 0 Å². The number of likely N-dealkylation sites (tertiary alicyclic amines) is 1. The molecule has 3 nitrogen and oxygen atoms in total. The van der Waals surface area contributed by atoms with Gasteiger partial charge in [0, 0.05) is 32.8 Å². The van der Waals surface area contributed by atoms with Crippen molar-refractivity contribution in [3.63, 3.8) is 0 Å². The quantitative estimate of drug-likeness (QED) is 0.681. The summed E-state index contributed by atoms with van der Waals surface area (Å²) >= 11 is 0. The Morgan fingerprint density at radius 3 is 2.85 bits per heavy atom. The third-order valence-electron chi connectivity index (χ3n) is 2.83. The van der Waals surface area contributed by atoms with E-state index in [0.717, 1.165) is 32.2 Å². The summed E-state index contributed by atoms with van der Waals surface area (Å²) in [5.74, 6) is 1.48. The standard InChI is InChI=1S/C10H22N2O/c1-3-13-8-10-7-12(5-4-11)6-9(10)2/h9-10H,3-8,11H2,1-2H3/t9-,10-/m0/s1. The number of hydrogen-bond donors (Lipinski definition) is 1. The van der Waals surface area contributed by atoms with Crippen molar-refractivity contribution < 1.29 is 4.74 Å². The zero-order valence-electron chi connectivity index (χ0n) is 8.83. The van der Waals surface area contributed by atoms with Gasteiger partial charge in [0.25, 0.3) is 0 Å². The van der Waals surface area contributed by atoms with Crippen molar-refractivity contribution in [2.75, 3.05) is 39.4 Å². The highest BCUT2D eigenvalue weighted by Crippen LogP contribution is 2.22. The molecule has 0 aromatic carbocycles. The van der Waals surface area contributed by atoms with E-state index in [1.165, 1.54) is 13.1 Å². The van der Waals surface area contributed by atoms with Crippen LogP contribution in [-0.2, 0) is 4.74 Å². The van der Waals surface area contributed by atoms with Crippen LogP contribution in [-0.4, -0.2) is 44.3 Å². The minimum absolute atomic E-state index is 0.714. The second-order valence-corrected chi connectivity index (χ2v) is 3.95. The first-order valence-electron chi connectivity index (χ1n) is 5.28. The number of ether oxygens (including phenoxy) is 1. The van der Waals surface area contributed by atoms with Crippen LogP contribution in [0.2, 0.25) is 0 Å². The number of rotatable bonds is 5. The lowest BCUT2D eigenvalue weighted by molar-refractivity contribution is 0.102. The van der Waals surface area contributed by atoms with Gasteiger partial charge >= 0.3 is 0 Å². The molecule has 3 heteroatoms. The van der Waals surface area contributed by atoms with Gasteiger partial charge in [-0.2, -0.15) is 0 Å². The van der Waals surface area contributed by atoms with Gasteiger partial charge in [0.1, 0.15) is 0 Å². The first-order chi connectivity index (χ1) is 6.27. The second-order valence-electron chi connectivity index (χ2n) is 3.95. The molecule has 0 aliphatic carbocycles. The first-order valence-corrected chi connectivity index (χ1v) is 5.28. The zero-order chi connectivity index (χ0) is 9.68. The third-order valence-corrected chi connectivity index (χ3v) is 2.83. The molecule has 1 aliphatic heterocycles. The van der Waals surface area contributed by atoms with Crippen molar-refractivity contribution in [1.29, 1.82) is 0 Å². The Bertz CT molecular complexity index is 141. The van der Waals surface area contributed by atoms with Crippen LogP contribution in [0.15, 0.2) is 0 Å². The molecule has 1 saturated heterocycles. The maximum atomic E-state index is 5.53. The van der Waals surface area contributed by atoms with E-state index in [2.05, 4.69) is 18.7 Å². The molecule has 2 N–H and O–H groups in total. The summed E-state index contributed by atoms with van der Waals surface area (Å²) in [6.07, 6.45) is 0. The number of nitrogens with two attached hydrogens (primary N) is 1. The van der Waals surface area contributed by atoms with Gasteiger partial charge in [0.15, 0.2) is 0 Å². The van der Waals surface area contributed by atoms with E-state index < -0.39 is 0 Å². The fourth-order valence-corrected chi connectivity index (χ4v) is 1.99. The van der Waals surface area contributed by atoms with Crippen molar-refractivity contribution >= 4 is 0 Å². The van der Waals surface area contributed by atoms with Crippen LogP contribution >= 0.6 is 0 Å². The lowest BCUT2D eigenvalue weighted by atomic mass is 9.99. The smallest absolute Gasteiger partial charge is 0.0509 e. The van der Waals surface area contributed by atoms with Crippen LogP contribution in [0, 0.1) is 11.8 Å².